The topological polar surface area (TPSA) is 54.3 Å². The minimum Gasteiger partial charge on any atom is -0.388 e. The van der Waals surface area contributed by atoms with Crippen LogP contribution in [0.25, 0.3) is 10.9 Å². The number of aryl methyl sites for hydroxylation is 1. The molecule has 0 radical (unpaired) electrons. The fourth-order valence-corrected chi connectivity index (χ4v) is 2.52. The maximum Gasteiger partial charge on any atom is 0.253 e. The van der Waals surface area contributed by atoms with Gasteiger partial charge in [-0.15, -0.1) is 0 Å². The van der Waals surface area contributed by atoms with Gasteiger partial charge in [-0.3, -0.25) is 4.79 Å². The normalized spacial score (nSPS) is 14.2. The Labute approximate surface area is 119 Å². The van der Waals surface area contributed by atoms with Gasteiger partial charge in [0, 0.05) is 30.7 Å². The van der Waals surface area contributed by atoms with Gasteiger partial charge in [-0.05, 0) is 19.4 Å². The number of hydrogen-bond acceptors (Lipinski definition) is 2. The lowest BCUT2D eigenvalue weighted by Crippen LogP contribution is -2.40. The van der Waals surface area contributed by atoms with E-state index in [1.807, 2.05) is 49.0 Å². The molecular weight excluding hydrogens is 252 g/mol. The lowest BCUT2D eigenvalue weighted by Gasteiger charge is -2.22. The first-order valence-corrected chi connectivity index (χ1v) is 6.99. The smallest absolute Gasteiger partial charge is 0.253 e. The first kappa shape index (κ1) is 14.6. The Morgan fingerprint density at radius 1 is 1.40 bits per heavy atom. The summed E-state index contributed by atoms with van der Waals surface area (Å²) in [4.78, 5) is 12.3. The number of nitrogens with zero attached hydrogens (tertiary/aromatic N) is 1. The molecule has 0 fully saturated rings. The number of rotatable bonds is 5. The quantitative estimate of drug-likeness (QED) is 0.880. The average Bonchev–Trinajstić information content (AvgIpc) is 2.74. The number of aromatic nitrogens is 1. The monoisotopic (exact) mass is 274 g/mol. The Balaban J connectivity index is 2.16. The van der Waals surface area contributed by atoms with E-state index in [1.165, 1.54) is 0 Å². The summed E-state index contributed by atoms with van der Waals surface area (Å²) in [5, 5.41) is 13.9. The van der Waals surface area contributed by atoms with Crippen molar-refractivity contribution in [2.24, 2.45) is 7.05 Å². The zero-order chi connectivity index (χ0) is 14.8. The number of benzene rings is 1. The van der Waals surface area contributed by atoms with Crippen molar-refractivity contribution in [3.05, 3.63) is 36.0 Å². The standard InChI is InChI=1S/C16H22N2O2/c1-4-9-16(2,20)11-17-15(19)13-10-18(3)14-8-6-5-7-12(13)14/h5-8,10,20H,4,9,11H2,1-3H3,(H,17,19). The van der Waals surface area contributed by atoms with Crippen LogP contribution in [0.1, 0.15) is 37.0 Å². The third kappa shape index (κ3) is 3.02. The average molecular weight is 274 g/mol. The van der Waals surface area contributed by atoms with Gasteiger partial charge in [-0.2, -0.15) is 0 Å². The van der Waals surface area contributed by atoms with Gasteiger partial charge >= 0.3 is 0 Å². The molecule has 1 unspecified atom stereocenters. The van der Waals surface area contributed by atoms with E-state index in [4.69, 9.17) is 0 Å². The van der Waals surface area contributed by atoms with Crippen LogP contribution in [0.3, 0.4) is 0 Å². The van der Waals surface area contributed by atoms with Gasteiger partial charge in [-0.25, -0.2) is 0 Å². The number of carbonyl (C=O) groups is 1. The Morgan fingerprint density at radius 3 is 2.80 bits per heavy atom. The molecule has 1 heterocycles. The van der Waals surface area contributed by atoms with Crippen LogP contribution in [0.4, 0.5) is 0 Å². The molecule has 2 N–H and O–H groups in total. The van der Waals surface area contributed by atoms with Crippen molar-refractivity contribution < 1.29 is 9.90 Å². The number of amides is 1. The predicted molar refractivity (Wildman–Crippen MR) is 80.8 cm³/mol. The number of aliphatic hydroxyl groups is 1. The molecule has 108 valence electrons. The largest absolute Gasteiger partial charge is 0.388 e. The summed E-state index contributed by atoms with van der Waals surface area (Å²) >= 11 is 0. The molecule has 4 heteroatoms. The van der Waals surface area contributed by atoms with E-state index in [-0.39, 0.29) is 12.5 Å². The highest BCUT2D eigenvalue weighted by Gasteiger charge is 2.21. The summed E-state index contributed by atoms with van der Waals surface area (Å²) in [5.74, 6) is -0.141. The van der Waals surface area contributed by atoms with E-state index in [0.29, 0.717) is 12.0 Å². The van der Waals surface area contributed by atoms with Crippen molar-refractivity contribution in [1.29, 1.82) is 0 Å². The predicted octanol–water partition coefficient (Wildman–Crippen LogP) is 2.46. The van der Waals surface area contributed by atoms with Crippen molar-refractivity contribution in [2.45, 2.75) is 32.3 Å². The van der Waals surface area contributed by atoms with Crippen LogP contribution >= 0.6 is 0 Å². The van der Waals surface area contributed by atoms with Crippen molar-refractivity contribution >= 4 is 16.8 Å². The van der Waals surface area contributed by atoms with Crippen molar-refractivity contribution in [2.75, 3.05) is 6.54 Å². The van der Waals surface area contributed by atoms with E-state index in [0.717, 1.165) is 17.3 Å². The van der Waals surface area contributed by atoms with Crippen LogP contribution < -0.4 is 5.32 Å². The van der Waals surface area contributed by atoms with E-state index in [9.17, 15) is 9.90 Å². The molecule has 1 aromatic carbocycles. The summed E-state index contributed by atoms with van der Waals surface area (Å²) in [6.07, 6.45) is 3.38. The lowest BCUT2D eigenvalue weighted by atomic mass is 10.0. The van der Waals surface area contributed by atoms with Crippen molar-refractivity contribution in [1.82, 2.24) is 9.88 Å². The first-order valence-electron chi connectivity index (χ1n) is 6.99. The molecule has 0 spiro atoms. The van der Waals surface area contributed by atoms with Gasteiger partial charge in [0.25, 0.3) is 5.91 Å². The van der Waals surface area contributed by atoms with Gasteiger partial charge < -0.3 is 15.0 Å². The second kappa shape index (κ2) is 5.67. The molecule has 4 nitrogen and oxygen atoms in total. The number of nitrogens with one attached hydrogen (secondary N) is 1. The highest BCUT2D eigenvalue weighted by molar-refractivity contribution is 6.06. The van der Waals surface area contributed by atoms with E-state index < -0.39 is 5.60 Å². The van der Waals surface area contributed by atoms with Gasteiger partial charge in [0.15, 0.2) is 0 Å². The fourth-order valence-electron chi connectivity index (χ4n) is 2.52. The summed E-state index contributed by atoms with van der Waals surface area (Å²) in [7, 11) is 1.92. The van der Waals surface area contributed by atoms with Crippen molar-refractivity contribution in [3.8, 4) is 0 Å². The Morgan fingerprint density at radius 2 is 2.10 bits per heavy atom. The molecular formula is C16H22N2O2. The summed E-state index contributed by atoms with van der Waals surface area (Å²) in [5.41, 5.74) is 0.822. The zero-order valence-electron chi connectivity index (χ0n) is 12.3. The number of carbonyl (C=O) groups excluding carboxylic acids is 1. The van der Waals surface area contributed by atoms with Crippen LogP contribution in [0.2, 0.25) is 0 Å². The van der Waals surface area contributed by atoms with Crippen LogP contribution in [0.5, 0.6) is 0 Å². The SMILES string of the molecule is CCCC(C)(O)CNC(=O)c1cn(C)c2ccccc12. The maximum absolute atomic E-state index is 12.3. The summed E-state index contributed by atoms with van der Waals surface area (Å²) < 4.78 is 1.94. The molecule has 0 saturated heterocycles. The van der Waals surface area contributed by atoms with Gasteiger partial charge in [0.1, 0.15) is 0 Å². The van der Waals surface area contributed by atoms with E-state index >= 15 is 0 Å². The molecule has 2 aromatic rings. The number of fused-ring (bicyclic) bond motifs is 1. The minimum absolute atomic E-state index is 0.141. The van der Waals surface area contributed by atoms with Crippen LogP contribution in [0, 0.1) is 0 Å². The Bertz CT molecular complexity index is 614. The van der Waals surface area contributed by atoms with Crippen molar-refractivity contribution in [3.63, 3.8) is 0 Å². The maximum atomic E-state index is 12.3. The zero-order valence-corrected chi connectivity index (χ0v) is 12.3. The fraction of sp³-hybridized carbons (Fsp3) is 0.438. The van der Waals surface area contributed by atoms with E-state index in [2.05, 4.69) is 5.32 Å². The second-order valence-electron chi connectivity index (χ2n) is 5.60. The third-order valence-electron chi connectivity index (χ3n) is 3.56. The number of hydrogen-bond donors (Lipinski definition) is 2. The van der Waals surface area contributed by atoms with E-state index in [1.54, 1.807) is 6.92 Å². The van der Waals surface area contributed by atoms with Crippen LogP contribution in [-0.4, -0.2) is 27.7 Å². The first-order chi connectivity index (χ1) is 9.44. The minimum atomic E-state index is -0.852. The summed E-state index contributed by atoms with van der Waals surface area (Å²) in [6, 6.07) is 7.80. The molecule has 0 bridgehead atoms. The molecule has 20 heavy (non-hydrogen) atoms. The molecule has 0 aliphatic heterocycles. The van der Waals surface area contributed by atoms with Gasteiger partial charge in [0.2, 0.25) is 0 Å². The lowest BCUT2D eigenvalue weighted by molar-refractivity contribution is 0.0470. The Hall–Kier alpha value is -1.81. The Kier molecular flexibility index (Phi) is 4.14. The highest BCUT2D eigenvalue weighted by Crippen LogP contribution is 2.20. The summed E-state index contributed by atoms with van der Waals surface area (Å²) in [6.45, 7) is 4.03. The highest BCUT2D eigenvalue weighted by atomic mass is 16.3. The molecule has 0 aliphatic rings. The molecule has 0 saturated carbocycles. The third-order valence-corrected chi connectivity index (χ3v) is 3.56. The van der Waals surface area contributed by atoms with Gasteiger partial charge in [0.05, 0.1) is 11.2 Å². The number of para-hydroxylation sites is 1. The van der Waals surface area contributed by atoms with Crippen LogP contribution in [0.15, 0.2) is 30.5 Å². The molecule has 1 atom stereocenters. The molecule has 2 rings (SSSR count). The molecule has 1 amide bonds. The molecule has 0 aliphatic carbocycles. The van der Waals surface area contributed by atoms with Crippen LogP contribution in [-0.2, 0) is 7.05 Å². The van der Waals surface area contributed by atoms with Gasteiger partial charge in [-0.1, -0.05) is 31.5 Å². The second-order valence-corrected chi connectivity index (χ2v) is 5.60. The molecule has 1 aromatic heterocycles.